The minimum absolute atomic E-state index is 0. The fraction of sp³-hybridized carbons (Fsp3) is 0.333. The molecule has 1 radical (unpaired) electrons. The molecule has 0 spiro atoms. The standard InChI is InChI=1S/C9H12O3.V/c1-10-7-4-8(11-2)6-9(5-7)12-3;/h4-6H,1-3H3;. The SMILES string of the molecule is COc1cc(OC)cc(OC)c1.[V]. The molecule has 0 aromatic heterocycles. The van der Waals surface area contributed by atoms with Gasteiger partial charge in [-0.05, 0) is 0 Å². The molecule has 4 heteroatoms. The first-order chi connectivity index (χ1) is 5.80. The van der Waals surface area contributed by atoms with Crippen molar-refractivity contribution in [2.75, 3.05) is 21.3 Å². The second-order valence-electron chi connectivity index (χ2n) is 2.25. The van der Waals surface area contributed by atoms with Crippen LogP contribution in [0.5, 0.6) is 17.2 Å². The molecular formula is C9H12O3V. The molecule has 1 aromatic carbocycles. The zero-order valence-electron chi connectivity index (χ0n) is 7.90. The Morgan fingerprint density at radius 1 is 0.692 bits per heavy atom. The number of methoxy groups -OCH3 is 3. The summed E-state index contributed by atoms with van der Waals surface area (Å²) in [4.78, 5) is 0. The maximum absolute atomic E-state index is 5.04. The van der Waals surface area contributed by atoms with E-state index in [4.69, 9.17) is 14.2 Å². The fourth-order valence-corrected chi connectivity index (χ4v) is 0.899. The van der Waals surface area contributed by atoms with Crippen LogP contribution in [0, 0.1) is 0 Å². The van der Waals surface area contributed by atoms with Gasteiger partial charge in [-0.25, -0.2) is 0 Å². The Kier molecular flexibility index (Phi) is 5.43. The molecule has 1 rings (SSSR count). The normalized spacial score (nSPS) is 8.54. The summed E-state index contributed by atoms with van der Waals surface area (Å²) in [7, 11) is 4.82. The first kappa shape index (κ1) is 12.2. The minimum atomic E-state index is 0. The summed E-state index contributed by atoms with van der Waals surface area (Å²) < 4.78 is 15.1. The van der Waals surface area contributed by atoms with Crippen molar-refractivity contribution in [1.29, 1.82) is 0 Å². The summed E-state index contributed by atoms with van der Waals surface area (Å²) in [5.74, 6) is 2.18. The third-order valence-corrected chi connectivity index (χ3v) is 1.56. The number of hydrogen-bond acceptors (Lipinski definition) is 3. The molecule has 0 N–H and O–H groups in total. The molecule has 1 aromatic rings. The molecule has 71 valence electrons. The van der Waals surface area contributed by atoms with Crippen molar-refractivity contribution in [3.8, 4) is 17.2 Å². The van der Waals surface area contributed by atoms with E-state index in [9.17, 15) is 0 Å². The van der Waals surface area contributed by atoms with Crippen molar-refractivity contribution in [2.24, 2.45) is 0 Å². The van der Waals surface area contributed by atoms with Gasteiger partial charge in [-0.15, -0.1) is 0 Å². The summed E-state index contributed by atoms with van der Waals surface area (Å²) >= 11 is 0. The number of rotatable bonds is 3. The van der Waals surface area contributed by atoms with Gasteiger partial charge in [0.05, 0.1) is 21.3 Å². The van der Waals surface area contributed by atoms with Gasteiger partial charge in [-0.1, -0.05) is 0 Å². The maximum atomic E-state index is 5.04. The van der Waals surface area contributed by atoms with E-state index in [2.05, 4.69) is 0 Å². The van der Waals surface area contributed by atoms with Crippen LogP contribution in [0.1, 0.15) is 0 Å². The molecule has 13 heavy (non-hydrogen) atoms. The monoisotopic (exact) mass is 219 g/mol. The van der Waals surface area contributed by atoms with Gasteiger partial charge in [-0.2, -0.15) is 0 Å². The van der Waals surface area contributed by atoms with E-state index in [0.29, 0.717) is 0 Å². The van der Waals surface area contributed by atoms with Gasteiger partial charge >= 0.3 is 0 Å². The van der Waals surface area contributed by atoms with E-state index in [1.165, 1.54) is 0 Å². The Morgan fingerprint density at radius 2 is 0.923 bits per heavy atom. The molecule has 0 aliphatic heterocycles. The minimum Gasteiger partial charge on any atom is -0.496 e. The van der Waals surface area contributed by atoms with Gasteiger partial charge in [0, 0.05) is 36.8 Å². The van der Waals surface area contributed by atoms with Crippen LogP contribution in [0.2, 0.25) is 0 Å². The molecule has 0 bridgehead atoms. The quantitative estimate of drug-likeness (QED) is 0.774. The molecule has 3 nitrogen and oxygen atoms in total. The van der Waals surface area contributed by atoms with Crippen molar-refractivity contribution in [3.63, 3.8) is 0 Å². The zero-order chi connectivity index (χ0) is 8.97. The maximum Gasteiger partial charge on any atom is 0.126 e. The van der Waals surface area contributed by atoms with Crippen LogP contribution < -0.4 is 14.2 Å². The van der Waals surface area contributed by atoms with Crippen LogP contribution in [0.25, 0.3) is 0 Å². The number of ether oxygens (including phenoxy) is 3. The van der Waals surface area contributed by atoms with Crippen LogP contribution in [0.4, 0.5) is 0 Å². The van der Waals surface area contributed by atoms with Gasteiger partial charge in [0.1, 0.15) is 17.2 Å². The molecule has 0 atom stereocenters. The number of benzene rings is 1. The van der Waals surface area contributed by atoms with Crippen LogP contribution in [0.3, 0.4) is 0 Å². The van der Waals surface area contributed by atoms with E-state index in [0.717, 1.165) is 17.2 Å². The van der Waals surface area contributed by atoms with E-state index < -0.39 is 0 Å². The van der Waals surface area contributed by atoms with E-state index in [1.807, 2.05) is 0 Å². The first-order valence-electron chi connectivity index (χ1n) is 3.57. The topological polar surface area (TPSA) is 27.7 Å². The van der Waals surface area contributed by atoms with Crippen molar-refractivity contribution in [1.82, 2.24) is 0 Å². The summed E-state index contributed by atoms with van der Waals surface area (Å²) in [5.41, 5.74) is 0. The Hall–Kier alpha value is -0.796. The van der Waals surface area contributed by atoms with Crippen LogP contribution in [-0.2, 0) is 18.6 Å². The molecule has 0 aliphatic rings. The van der Waals surface area contributed by atoms with Crippen molar-refractivity contribution < 1.29 is 32.8 Å². The average Bonchev–Trinajstić information content (AvgIpc) is 2.16. The van der Waals surface area contributed by atoms with Crippen molar-refractivity contribution >= 4 is 0 Å². The van der Waals surface area contributed by atoms with Gasteiger partial charge in [-0.3, -0.25) is 0 Å². The third kappa shape index (κ3) is 3.21. The molecular weight excluding hydrogens is 207 g/mol. The molecule has 0 fully saturated rings. The van der Waals surface area contributed by atoms with Gasteiger partial charge in [0.2, 0.25) is 0 Å². The van der Waals surface area contributed by atoms with Crippen LogP contribution >= 0.6 is 0 Å². The van der Waals surface area contributed by atoms with E-state index >= 15 is 0 Å². The van der Waals surface area contributed by atoms with E-state index in [1.54, 1.807) is 39.5 Å². The van der Waals surface area contributed by atoms with Crippen molar-refractivity contribution in [3.05, 3.63) is 18.2 Å². The van der Waals surface area contributed by atoms with Gasteiger partial charge in [0.25, 0.3) is 0 Å². The Balaban J connectivity index is 0.00000144. The third-order valence-electron chi connectivity index (χ3n) is 1.56. The summed E-state index contributed by atoms with van der Waals surface area (Å²) in [5, 5.41) is 0. The molecule has 0 saturated heterocycles. The Bertz CT molecular complexity index is 208. The van der Waals surface area contributed by atoms with Crippen molar-refractivity contribution in [2.45, 2.75) is 0 Å². The van der Waals surface area contributed by atoms with Gasteiger partial charge in [0.15, 0.2) is 0 Å². The predicted octanol–water partition coefficient (Wildman–Crippen LogP) is 1.71. The smallest absolute Gasteiger partial charge is 0.126 e. The second-order valence-corrected chi connectivity index (χ2v) is 2.25. The largest absolute Gasteiger partial charge is 0.496 e. The Morgan fingerprint density at radius 3 is 1.08 bits per heavy atom. The Labute approximate surface area is 89.9 Å². The fourth-order valence-electron chi connectivity index (χ4n) is 0.899. The molecule has 0 saturated carbocycles. The zero-order valence-corrected chi connectivity index (χ0v) is 9.30. The predicted molar refractivity (Wildman–Crippen MR) is 46.1 cm³/mol. The molecule has 0 heterocycles. The molecule has 0 aliphatic carbocycles. The molecule has 0 unspecified atom stereocenters. The number of hydrogen-bond donors (Lipinski definition) is 0. The van der Waals surface area contributed by atoms with Crippen LogP contribution in [-0.4, -0.2) is 21.3 Å². The molecule has 0 amide bonds. The summed E-state index contributed by atoms with van der Waals surface area (Å²) in [6, 6.07) is 5.38. The summed E-state index contributed by atoms with van der Waals surface area (Å²) in [6.45, 7) is 0. The van der Waals surface area contributed by atoms with Crippen LogP contribution in [0.15, 0.2) is 18.2 Å². The average molecular weight is 219 g/mol. The summed E-state index contributed by atoms with van der Waals surface area (Å²) in [6.07, 6.45) is 0. The second kappa shape index (κ2) is 5.78. The van der Waals surface area contributed by atoms with E-state index in [-0.39, 0.29) is 18.6 Å². The van der Waals surface area contributed by atoms with Gasteiger partial charge < -0.3 is 14.2 Å². The first-order valence-corrected chi connectivity index (χ1v) is 3.57.